The van der Waals surface area contributed by atoms with E-state index in [1.54, 1.807) is 12.1 Å². The highest BCUT2D eigenvalue weighted by Gasteiger charge is 2.19. The molecule has 4 nitrogen and oxygen atoms in total. The van der Waals surface area contributed by atoms with Gasteiger partial charge in [0, 0.05) is 0 Å². The molecule has 0 atom stereocenters. The highest BCUT2D eigenvalue weighted by atomic mass is 32.2. The second-order valence-electron chi connectivity index (χ2n) is 6.54. The molecule has 0 saturated heterocycles. The molecule has 2 N–H and O–H groups in total. The maximum atomic E-state index is 12.5. The van der Waals surface area contributed by atoms with E-state index in [-0.39, 0.29) is 0 Å². The normalized spacial score (nSPS) is 12.7. The van der Waals surface area contributed by atoms with E-state index in [2.05, 4.69) is 32.4 Å². The fourth-order valence-electron chi connectivity index (χ4n) is 2.99. The lowest BCUT2D eigenvalue weighted by Gasteiger charge is -2.27. The Morgan fingerprint density at radius 2 is 1.57 bits per heavy atom. The predicted molar refractivity (Wildman–Crippen MR) is 95.2 cm³/mol. The Kier molecular flexibility index (Phi) is 5.79. The maximum Gasteiger partial charge on any atom is 0.240 e. The molecule has 0 spiro atoms. The Morgan fingerprint density at radius 3 is 2.17 bits per heavy atom. The maximum absolute atomic E-state index is 12.5. The number of sulfonamides is 1. The molecule has 23 heavy (non-hydrogen) atoms. The molecule has 0 amide bonds. The van der Waals surface area contributed by atoms with Crippen LogP contribution in [0.4, 0.5) is 0 Å². The third-order valence-corrected chi connectivity index (χ3v) is 5.68. The number of quaternary nitrogens is 1. The minimum Gasteiger partial charge on any atom is -0.330 e. The van der Waals surface area contributed by atoms with Gasteiger partial charge in [-0.3, -0.25) is 0 Å². The van der Waals surface area contributed by atoms with Crippen LogP contribution in [0.25, 0.3) is 10.8 Å². The number of nitrogens with one attached hydrogen (secondary N) is 2. The summed E-state index contributed by atoms with van der Waals surface area (Å²) in [5.74, 6) is 0. The molecule has 0 aliphatic heterocycles. The van der Waals surface area contributed by atoms with Crippen LogP contribution in [0.3, 0.4) is 0 Å². The highest BCUT2D eigenvalue weighted by molar-refractivity contribution is 7.89. The van der Waals surface area contributed by atoms with Gasteiger partial charge in [0.25, 0.3) is 0 Å². The predicted octanol–water partition coefficient (Wildman–Crippen LogP) is 1.82. The molecule has 0 saturated carbocycles. The molecule has 2 rings (SSSR count). The first-order chi connectivity index (χ1) is 10.8. The van der Waals surface area contributed by atoms with E-state index in [4.69, 9.17) is 0 Å². The largest absolute Gasteiger partial charge is 0.330 e. The molecular weight excluding hydrogens is 308 g/mol. The van der Waals surface area contributed by atoms with E-state index in [1.165, 1.54) is 4.90 Å². The number of hydrogen-bond acceptors (Lipinski definition) is 2. The third-order valence-electron chi connectivity index (χ3n) is 4.22. The van der Waals surface area contributed by atoms with E-state index in [1.807, 2.05) is 30.3 Å². The standard InChI is InChI=1S/C18H26N2O2S/c1-14(2)20(15(3)4)12-11-19-23(21,22)18-10-9-16-7-5-6-8-17(16)13-18/h5-10,13-15,19H,11-12H2,1-4H3/p+1. The molecule has 0 aromatic heterocycles. The van der Waals surface area contributed by atoms with Gasteiger partial charge in [0.2, 0.25) is 10.0 Å². The van der Waals surface area contributed by atoms with Gasteiger partial charge in [-0.25, -0.2) is 13.1 Å². The molecule has 0 radical (unpaired) electrons. The summed E-state index contributed by atoms with van der Waals surface area (Å²) in [6.45, 7) is 9.86. The van der Waals surface area contributed by atoms with Crippen molar-refractivity contribution >= 4 is 20.8 Å². The van der Waals surface area contributed by atoms with Gasteiger partial charge in [-0.2, -0.15) is 0 Å². The van der Waals surface area contributed by atoms with Crippen molar-refractivity contribution in [1.82, 2.24) is 4.72 Å². The third kappa shape index (κ3) is 4.53. The van der Waals surface area contributed by atoms with Crippen LogP contribution < -0.4 is 9.62 Å². The smallest absolute Gasteiger partial charge is 0.240 e. The Hall–Kier alpha value is -1.43. The summed E-state index contributed by atoms with van der Waals surface area (Å²) in [4.78, 5) is 1.72. The van der Waals surface area contributed by atoms with E-state index in [9.17, 15) is 8.42 Å². The van der Waals surface area contributed by atoms with Crippen LogP contribution in [0.15, 0.2) is 47.4 Å². The summed E-state index contributed by atoms with van der Waals surface area (Å²) >= 11 is 0. The summed E-state index contributed by atoms with van der Waals surface area (Å²) in [5.41, 5.74) is 0. The molecule has 0 unspecified atom stereocenters. The van der Waals surface area contributed by atoms with Crippen LogP contribution in [0, 0.1) is 0 Å². The van der Waals surface area contributed by atoms with Crippen molar-refractivity contribution in [1.29, 1.82) is 0 Å². The van der Waals surface area contributed by atoms with Crippen molar-refractivity contribution in [2.75, 3.05) is 13.1 Å². The van der Waals surface area contributed by atoms with E-state index >= 15 is 0 Å². The lowest BCUT2D eigenvalue weighted by molar-refractivity contribution is -0.941. The molecule has 0 aliphatic carbocycles. The molecule has 126 valence electrons. The Morgan fingerprint density at radius 1 is 0.957 bits per heavy atom. The Bertz CT molecular complexity index is 746. The highest BCUT2D eigenvalue weighted by Crippen LogP contribution is 2.18. The Balaban J connectivity index is 2.08. The summed E-state index contributed by atoms with van der Waals surface area (Å²) in [7, 11) is -3.46. The van der Waals surface area contributed by atoms with E-state index in [0.717, 1.165) is 17.3 Å². The van der Waals surface area contributed by atoms with Gasteiger partial charge < -0.3 is 4.90 Å². The molecule has 5 heteroatoms. The zero-order valence-electron chi connectivity index (χ0n) is 14.3. The van der Waals surface area contributed by atoms with Gasteiger partial charge in [0.15, 0.2) is 0 Å². The fourth-order valence-corrected chi connectivity index (χ4v) is 4.06. The first-order valence-corrected chi connectivity index (χ1v) is 9.63. The van der Waals surface area contributed by atoms with Gasteiger partial charge in [-0.15, -0.1) is 0 Å². The SMILES string of the molecule is CC(C)[NH+](CCNS(=O)(=O)c1ccc2ccccc2c1)C(C)C. The number of hydrogen-bond donors (Lipinski definition) is 2. The summed E-state index contributed by atoms with van der Waals surface area (Å²) in [5, 5.41) is 1.98. The quantitative estimate of drug-likeness (QED) is 0.811. The van der Waals surface area contributed by atoms with E-state index in [0.29, 0.717) is 23.5 Å². The molecule has 0 fully saturated rings. The first-order valence-electron chi connectivity index (χ1n) is 8.15. The molecular formula is C18H27N2O2S+. The monoisotopic (exact) mass is 335 g/mol. The summed E-state index contributed by atoms with van der Waals surface area (Å²) in [6, 6.07) is 14.0. The van der Waals surface area contributed by atoms with Crippen molar-refractivity contribution in [3.05, 3.63) is 42.5 Å². The van der Waals surface area contributed by atoms with Crippen molar-refractivity contribution in [3.63, 3.8) is 0 Å². The number of fused-ring (bicyclic) bond motifs is 1. The second kappa shape index (κ2) is 7.43. The number of benzene rings is 2. The van der Waals surface area contributed by atoms with Crippen molar-refractivity contribution in [3.8, 4) is 0 Å². The van der Waals surface area contributed by atoms with Crippen molar-refractivity contribution < 1.29 is 13.3 Å². The first kappa shape index (κ1) is 17.9. The average molecular weight is 335 g/mol. The van der Waals surface area contributed by atoms with Gasteiger partial charge in [-0.05, 0) is 50.6 Å². The lowest BCUT2D eigenvalue weighted by Crippen LogP contribution is -3.18. The van der Waals surface area contributed by atoms with Crippen LogP contribution in [0.2, 0.25) is 0 Å². The van der Waals surface area contributed by atoms with Crippen LogP contribution in [0.5, 0.6) is 0 Å². The molecule has 0 bridgehead atoms. The summed E-state index contributed by atoms with van der Waals surface area (Å²) < 4.78 is 27.7. The molecule has 0 heterocycles. The molecule has 2 aromatic carbocycles. The van der Waals surface area contributed by atoms with Gasteiger partial charge in [-0.1, -0.05) is 30.3 Å². The zero-order valence-corrected chi connectivity index (χ0v) is 15.2. The lowest BCUT2D eigenvalue weighted by atomic mass is 10.1. The van der Waals surface area contributed by atoms with Crippen molar-refractivity contribution in [2.45, 2.75) is 44.7 Å². The van der Waals surface area contributed by atoms with Gasteiger partial charge in [0.05, 0.1) is 30.1 Å². The zero-order chi connectivity index (χ0) is 17.0. The molecule has 2 aromatic rings. The van der Waals surface area contributed by atoms with Crippen LogP contribution >= 0.6 is 0 Å². The molecule has 0 aliphatic rings. The second-order valence-corrected chi connectivity index (χ2v) is 8.31. The van der Waals surface area contributed by atoms with Crippen LogP contribution in [-0.2, 0) is 10.0 Å². The fraction of sp³-hybridized carbons (Fsp3) is 0.444. The topological polar surface area (TPSA) is 50.6 Å². The minimum absolute atomic E-state index is 0.326. The van der Waals surface area contributed by atoms with Gasteiger partial charge in [0.1, 0.15) is 0 Å². The average Bonchev–Trinajstić information content (AvgIpc) is 2.50. The van der Waals surface area contributed by atoms with Crippen LogP contribution in [-0.4, -0.2) is 33.6 Å². The van der Waals surface area contributed by atoms with Gasteiger partial charge >= 0.3 is 0 Å². The van der Waals surface area contributed by atoms with Crippen LogP contribution in [0.1, 0.15) is 27.7 Å². The van der Waals surface area contributed by atoms with Crippen molar-refractivity contribution in [2.24, 2.45) is 0 Å². The summed E-state index contributed by atoms with van der Waals surface area (Å²) in [6.07, 6.45) is 0. The van der Waals surface area contributed by atoms with E-state index < -0.39 is 10.0 Å². The number of rotatable bonds is 7. The minimum atomic E-state index is -3.46. The Labute approximate surface area is 139 Å².